The van der Waals surface area contributed by atoms with Gasteiger partial charge in [-0.3, -0.25) is 4.79 Å². The van der Waals surface area contributed by atoms with Crippen LogP contribution in [0.3, 0.4) is 0 Å². The molecule has 0 saturated carbocycles. The average Bonchev–Trinajstić information content (AvgIpc) is 2.94. The van der Waals surface area contributed by atoms with E-state index in [1.165, 1.54) is 6.26 Å². The average molecular weight is 296 g/mol. The summed E-state index contributed by atoms with van der Waals surface area (Å²) in [6.45, 7) is 4.22. The minimum Gasteiger partial charge on any atom is -0.444 e. The molecule has 0 saturated heterocycles. The number of likely N-dealkylation sites (N-methyl/N-ethyl adjacent to an activating group) is 1. The number of amides is 1. The minimum atomic E-state index is -0.219. The molecular weight excluding hydrogens is 278 g/mol. The first kappa shape index (κ1) is 16.2. The zero-order valence-corrected chi connectivity index (χ0v) is 12.1. The molecule has 2 N–H and O–H groups in total. The highest BCUT2D eigenvalue weighted by atomic mass is 35.5. The molecule has 0 unspecified atom stereocenters. The number of rotatable bonds is 6. The third-order valence-corrected chi connectivity index (χ3v) is 2.59. The lowest BCUT2D eigenvalue weighted by molar-refractivity contribution is 0.0949. The Morgan fingerprint density at radius 1 is 1.25 bits per heavy atom. The first-order chi connectivity index (χ1) is 9.31. The molecule has 0 aliphatic rings. The fourth-order valence-corrected chi connectivity index (χ4v) is 1.62. The SMILES string of the molecule is CCNCCNC(=O)c1coc(-c2ccccc2)n1.Cl. The molecule has 0 aliphatic carbocycles. The Balaban J connectivity index is 0.00000200. The number of carbonyl (C=O) groups excluding carboxylic acids is 1. The van der Waals surface area contributed by atoms with Crippen LogP contribution >= 0.6 is 12.4 Å². The van der Waals surface area contributed by atoms with Gasteiger partial charge in [-0.1, -0.05) is 25.1 Å². The Kier molecular flexibility index (Phi) is 6.76. The fourth-order valence-electron chi connectivity index (χ4n) is 1.62. The van der Waals surface area contributed by atoms with Crippen LogP contribution in [0.4, 0.5) is 0 Å². The summed E-state index contributed by atoms with van der Waals surface area (Å²) in [5, 5.41) is 5.90. The molecular formula is C14H18ClN3O2. The predicted molar refractivity (Wildman–Crippen MR) is 80.1 cm³/mol. The number of benzene rings is 1. The Morgan fingerprint density at radius 2 is 2.00 bits per heavy atom. The summed E-state index contributed by atoms with van der Waals surface area (Å²) >= 11 is 0. The summed E-state index contributed by atoms with van der Waals surface area (Å²) in [5.74, 6) is 0.237. The lowest BCUT2D eigenvalue weighted by atomic mass is 10.2. The highest BCUT2D eigenvalue weighted by Crippen LogP contribution is 2.17. The highest BCUT2D eigenvalue weighted by Gasteiger charge is 2.12. The molecule has 6 heteroatoms. The largest absolute Gasteiger partial charge is 0.444 e. The van der Waals surface area contributed by atoms with Gasteiger partial charge in [0.15, 0.2) is 5.69 Å². The van der Waals surface area contributed by atoms with Gasteiger partial charge in [0.25, 0.3) is 5.91 Å². The number of hydrogen-bond donors (Lipinski definition) is 2. The van der Waals surface area contributed by atoms with Gasteiger partial charge in [-0.05, 0) is 18.7 Å². The third kappa shape index (κ3) is 4.36. The van der Waals surface area contributed by atoms with Gasteiger partial charge in [0, 0.05) is 18.7 Å². The van der Waals surface area contributed by atoms with Crippen molar-refractivity contribution in [3.63, 3.8) is 0 Å². The highest BCUT2D eigenvalue weighted by molar-refractivity contribution is 5.92. The van der Waals surface area contributed by atoms with E-state index in [0.717, 1.165) is 18.7 Å². The molecule has 0 fully saturated rings. The van der Waals surface area contributed by atoms with Crippen LogP contribution in [0.2, 0.25) is 0 Å². The van der Waals surface area contributed by atoms with Crippen LogP contribution < -0.4 is 10.6 Å². The van der Waals surface area contributed by atoms with Crippen molar-refractivity contribution >= 4 is 18.3 Å². The standard InChI is InChI=1S/C14H17N3O2.ClH/c1-2-15-8-9-16-13(18)12-10-19-14(17-12)11-6-4-3-5-7-11;/h3-7,10,15H,2,8-9H2,1H3,(H,16,18);1H. The van der Waals surface area contributed by atoms with Gasteiger partial charge in [0.05, 0.1) is 0 Å². The van der Waals surface area contributed by atoms with Crippen LogP contribution in [0.25, 0.3) is 11.5 Å². The molecule has 20 heavy (non-hydrogen) atoms. The van der Waals surface area contributed by atoms with Crippen LogP contribution in [0.1, 0.15) is 17.4 Å². The number of hydrogen-bond acceptors (Lipinski definition) is 4. The van der Waals surface area contributed by atoms with Crippen molar-refractivity contribution in [3.05, 3.63) is 42.3 Å². The maximum absolute atomic E-state index is 11.8. The van der Waals surface area contributed by atoms with Gasteiger partial charge in [-0.2, -0.15) is 0 Å². The molecule has 0 bridgehead atoms. The second kappa shape index (κ2) is 8.35. The number of aromatic nitrogens is 1. The topological polar surface area (TPSA) is 67.2 Å². The molecule has 5 nitrogen and oxygen atoms in total. The van der Waals surface area contributed by atoms with Crippen molar-refractivity contribution in [2.24, 2.45) is 0 Å². The first-order valence-electron chi connectivity index (χ1n) is 6.31. The Labute approximate surface area is 124 Å². The molecule has 0 spiro atoms. The number of nitrogens with one attached hydrogen (secondary N) is 2. The summed E-state index contributed by atoms with van der Waals surface area (Å²) in [4.78, 5) is 16.0. The summed E-state index contributed by atoms with van der Waals surface area (Å²) in [7, 11) is 0. The van der Waals surface area contributed by atoms with E-state index in [1.807, 2.05) is 37.3 Å². The smallest absolute Gasteiger partial charge is 0.273 e. The first-order valence-corrected chi connectivity index (χ1v) is 6.31. The van der Waals surface area contributed by atoms with E-state index in [1.54, 1.807) is 0 Å². The van der Waals surface area contributed by atoms with Gasteiger partial charge < -0.3 is 15.1 Å². The summed E-state index contributed by atoms with van der Waals surface area (Å²) in [6, 6.07) is 9.49. The fraction of sp³-hybridized carbons (Fsp3) is 0.286. The number of nitrogens with zero attached hydrogens (tertiary/aromatic N) is 1. The number of oxazole rings is 1. The molecule has 1 aromatic carbocycles. The van der Waals surface area contributed by atoms with E-state index in [9.17, 15) is 4.79 Å². The molecule has 108 valence electrons. The van der Waals surface area contributed by atoms with Crippen molar-refractivity contribution in [1.82, 2.24) is 15.6 Å². The second-order valence-electron chi connectivity index (χ2n) is 4.01. The third-order valence-electron chi connectivity index (χ3n) is 2.59. The zero-order valence-electron chi connectivity index (χ0n) is 11.3. The van der Waals surface area contributed by atoms with Crippen molar-refractivity contribution in [2.75, 3.05) is 19.6 Å². The number of halogens is 1. The van der Waals surface area contributed by atoms with E-state index in [2.05, 4.69) is 15.6 Å². The summed E-state index contributed by atoms with van der Waals surface area (Å²) in [5.41, 5.74) is 1.16. The minimum absolute atomic E-state index is 0. The molecule has 1 amide bonds. The van der Waals surface area contributed by atoms with Gasteiger partial charge >= 0.3 is 0 Å². The maximum Gasteiger partial charge on any atom is 0.273 e. The van der Waals surface area contributed by atoms with E-state index < -0.39 is 0 Å². The van der Waals surface area contributed by atoms with Crippen molar-refractivity contribution in [3.8, 4) is 11.5 Å². The molecule has 0 radical (unpaired) electrons. The predicted octanol–water partition coefficient (Wildman–Crippen LogP) is 2.10. The van der Waals surface area contributed by atoms with Crippen LogP contribution in [0, 0.1) is 0 Å². The van der Waals surface area contributed by atoms with E-state index >= 15 is 0 Å². The molecule has 1 aromatic heterocycles. The molecule has 1 heterocycles. The Bertz CT molecular complexity index is 528. The molecule has 2 aromatic rings. The lowest BCUT2D eigenvalue weighted by Gasteiger charge is -2.02. The van der Waals surface area contributed by atoms with Crippen LogP contribution in [-0.2, 0) is 0 Å². The van der Waals surface area contributed by atoms with Gasteiger partial charge in [0.2, 0.25) is 5.89 Å². The van der Waals surface area contributed by atoms with Crippen molar-refractivity contribution in [2.45, 2.75) is 6.92 Å². The summed E-state index contributed by atoms with van der Waals surface area (Å²) in [6.07, 6.45) is 1.38. The van der Waals surface area contributed by atoms with E-state index in [0.29, 0.717) is 18.1 Å². The molecule has 2 rings (SSSR count). The van der Waals surface area contributed by atoms with Crippen LogP contribution in [0.15, 0.2) is 41.0 Å². The van der Waals surface area contributed by atoms with E-state index in [4.69, 9.17) is 4.42 Å². The van der Waals surface area contributed by atoms with Gasteiger partial charge in [-0.15, -0.1) is 12.4 Å². The van der Waals surface area contributed by atoms with Crippen LogP contribution in [0.5, 0.6) is 0 Å². The summed E-state index contributed by atoms with van der Waals surface area (Å²) < 4.78 is 5.31. The maximum atomic E-state index is 11.8. The second-order valence-corrected chi connectivity index (χ2v) is 4.01. The number of carbonyl (C=O) groups is 1. The lowest BCUT2D eigenvalue weighted by Crippen LogP contribution is -2.31. The Morgan fingerprint density at radius 3 is 2.70 bits per heavy atom. The van der Waals surface area contributed by atoms with Crippen LogP contribution in [-0.4, -0.2) is 30.5 Å². The Hall–Kier alpha value is -1.85. The van der Waals surface area contributed by atoms with Gasteiger partial charge in [0.1, 0.15) is 6.26 Å². The van der Waals surface area contributed by atoms with Gasteiger partial charge in [-0.25, -0.2) is 4.98 Å². The monoisotopic (exact) mass is 295 g/mol. The van der Waals surface area contributed by atoms with Crippen molar-refractivity contribution in [1.29, 1.82) is 0 Å². The zero-order chi connectivity index (χ0) is 13.5. The molecule has 0 atom stereocenters. The quantitative estimate of drug-likeness (QED) is 0.801. The molecule has 0 aliphatic heterocycles. The normalized spacial score (nSPS) is 9.85. The van der Waals surface area contributed by atoms with E-state index in [-0.39, 0.29) is 18.3 Å². The van der Waals surface area contributed by atoms with Crippen molar-refractivity contribution < 1.29 is 9.21 Å².